The van der Waals surface area contributed by atoms with E-state index in [1.807, 2.05) is 24.3 Å². The van der Waals surface area contributed by atoms with Gasteiger partial charge in [0.15, 0.2) is 40.5 Å². The summed E-state index contributed by atoms with van der Waals surface area (Å²) >= 11 is 0. The van der Waals surface area contributed by atoms with Crippen molar-refractivity contribution in [2.45, 2.75) is 19.3 Å². The fraction of sp³-hybridized carbons (Fsp3) is 0.0556. The molecule has 0 saturated carbocycles. The summed E-state index contributed by atoms with van der Waals surface area (Å²) in [6.07, 6.45) is 0. The Kier molecular flexibility index (Phi) is 8.09. The molecular weight excluding hydrogens is 723 g/mol. The molecule has 0 saturated heterocycles. The Morgan fingerprint density at radius 2 is 0.746 bits per heavy atom. The van der Waals surface area contributed by atoms with Crippen LogP contribution in [0.4, 0.5) is 0 Å². The number of benzene rings is 8. The van der Waals surface area contributed by atoms with Crippen LogP contribution < -0.4 is 9.47 Å². The Hall–Kier alpha value is -7.63. The lowest BCUT2D eigenvalue weighted by Crippen LogP contribution is -2.15. The molecule has 1 aliphatic heterocycles. The second-order valence-corrected chi connectivity index (χ2v) is 15.7. The van der Waals surface area contributed by atoms with Gasteiger partial charge in [0, 0.05) is 22.1 Å². The molecule has 5 nitrogen and oxygen atoms in total. The minimum Gasteiger partial charge on any atom is -0.449 e. The van der Waals surface area contributed by atoms with Gasteiger partial charge in [-0.1, -0.05) is 172 Å². The van der Waals surface area contributed by atoms with Crippen LogP contribution in [-0.4, -0.2) is 15.0 Å². The van der Waals surface area contributed by atoms with Crippen molar-refractivity contribution in [2.75, 3.05) is 0 Å². The third-order valence-corrected chi connectivity index (χ3v) is 11.6. The van der Waals surface area contributed by atoms with Crippen LogP contribution in [0.25, 0.3) is 78.7 Å². The predicted octanol–water partition coefficient (Wildman–Crippen LogP) is 14.1. The maximum absolute atomic E-state index is 6.62. The van der Waals surface area contributed by atoms with Crippen LogP contribution in [0, 0.1) is 0 Å². The first kappa shape index (κ1) is 34.6. The van der Waals surface area contributed by atoms with Gasteiger partial charge < -0.3 is 9.47 Å². The van der Waals surface area contributed by atoms with Crippen LogP contribution in [0.5, 0.6) is 23.0 Å². The van der Waals surface area contributed by atoms with Crippen LogP contribution in [0.2, 0.25) is 0 Å². The standard InChI is InChI=1S/C54H37N3O2/c1-54(2)45-19-10-9-18-43(45)44-32-49-50(33-46(44)54)59-48-31-41(28-29-47(48)58-49)40-16-11-17-42(30-40)53-56-51(38-24-20-36(21-25-38)34-12-5-3-6-13-34)55-52(57-53)39-26-22-37(23-27-39)35-14-7-4-8-15-35/h3-33H,1-2H3. The van der Waals surface area contributed by atoms with Crippen LogP contribution in [-0.2, 0) is 5.41 Å². The number of hydrogen-bond donors (Lipinski definition) is 0. The lowest BCUT2D eigenvalue weighted by atomic mass is 9.82. The summed E-state index contributed by atoms with van der Waals surface area (Å²) in [5, 5.41) is 0. The van der Waals surface area contributed by atoms with E-state index in [0.29, 0.717) is 29.0 Å². The smallest absolute Gasteiger partial charge is 0.170 e. The van der Waals surface area contributed by atoms with Gasteiger partial charge in [-0.3, -0.25) is 0 Å². The van der Waals surface area contributed by atoms with Crippen molar-refractivity contribution in [3.8, 4) is 102 Å². The normalized spacial score (nSPS) is 13.0. The van der Waals surface area contributed by atoms with Crippen LogP contribution in [0.3, 0.4) is 0 Å². The van der Waals surface area contributed by atoms with E-state index in [9.17, 15) is 0 Å². The minimum atomic E-state index is -0.140. The lowest BCUT2D eigenvalue weighted by Gasteiger charge is -2.25. The molecule has 59 heavy (non-hydrogen) atoms. The quantitative estimate of drug-likeness (QED) is 0.169. The van der Waals surface area contributed by atoms with Gasteiger partial charge in [0.25, 0.3) is 0 Å². The molecule has 8 aromatic carbocycles. The molecule has 0 unspecified atom stereocenters. The Morgan fingerprint density at radius 3 is 1.39 bits per heavy atom. The first-order chi connectivity index (χ1) is 28.9. The van der Waals surface area contributed by atoms with Crippen LogP contribution in [0.1, 0.15) is 25.0 Å². The number of hydrogen-bond acceptors (Lipinski definition) is 5. The van der Waals surface area contributed by atoms with Crippen molar-refractivity contribution in [1.82, 2.24) is 15.0 Å². The highest BCUT2D eigenvalue weighted by Crippen LogP contribution is 2.55. The van der Waals surface area contributed by atoms with E-state index in [2.05, 4.69) is 178 Å². The Morgan fingerprint density at radius 1 is 0.305 bits per heavy atom. The molecule has 0 bridgehead atoms. The average Bonchev–Trinajstić information content (AvgIpc) is 3.52. The largest absolute Gasteiger partial charge is 0.449 e. The fourth-order valence-corrected chi connectivity index (χ4v) is 8.44. The lowest BCUT2D eigenvalue weighted by molar-refractivity contribution is 0.359. The van der Waals surface area contributed by atoms with Gasteiger partial charge >= 0.3 is 0 Å². The average molecular weight is 760 g/mol. The second-order valence-electron chi connectivity index (χ2n) is 15.7. The van der Waals surface area contributed by atoms with E-state index in [1.54, 1.807) is 0 Å². The summed E-state index contributed by atoms with van der Waals surface area (Å²) in [6.45, 7) is 4.54. The van der Waals surface area contributed by atoms with E-state index in [1.165, 1.54) is 22.3 Å². The van der Waals surface area contributed by atoms with Crippen molar-refractivity contribution in [2.24, 2.45) is 0 Å². The summed E-state index contributed by atoms with van der Waals surface area (Å²) in [5.74, 6) is 4.62. The first-order valence-electron chi connectivity index (χ1n) is 19.9. The van der Waals surface area contributed by atoms with Crippen molar-refractivity contribution >= 4 is 0 Å². The number of rotatable bonds is 6. The van der Waals surface area contributed by atoms with E-state index < -0.39 is 0 Å². The molecular formula is C54H37N3O2. The van der Waals surface area contributed by atoms with Crippen molar-refractivity contribution < 1.29 is 9.47 Å². The van der Waals surface area contributed by atoms with Gasteiger partial charge in [-0.05, 0) is 86.0 Å². The zero-order valence-corrected chi connectivity index (χ0v) is 32.6. The van der Waals surface area contributed by atoms with Gasteiger partial charge in [-0.25, -0.2) is 15.0 Å². The highest BCUT2D eigenvalue weighted by Gasteiger charge is 2.37. The number of fused-ring (bicyclic) bond motifs is 5. The van der Waals surface area contributed by atoms with Crippen molar-refractivity contribution in [1.29, 1.82) is 0 Å². The molecule has 2 heterocycles. The van der Waals surface area contributed by atoms with Gasteiger partial charge in [-0.2, -0.15) is 0 Å². The third kappa shape index (κ3) is 6.16. The van der Waals surface area contributed by atoms with Crippen molar-refractivity contribution in [3.63, 3.8) is 0 Å². The maximum atomic E-state index is 6.62. The van der Waals surface area contributed by atoms with E-state index in [-0.39, 0.29) is 5.41 Å². The Balaban J connectivity index is 0.945. The molecule has 1 aromatic heterocycles. The van der Waals surface area contributed by atoms with Crippen LogP contribution in [0.15, 0.2) is 188 Å². The maximum Gasteiger partial charge on any atom is 0.170 e. The summed E-state index contributed by atoms with van der Waals surface area (Å²) in [6, 6.07) is 64.9. The zero-order valence-electron chi connectivity index (χ0n) is 32.6. The third-order valence-electron chi connectivity index (χ3n) is 11.6. The Labute approximate surface area is 343 Å². The summed E-state index contributed by atoms with van der Waals surface area (Å²) < 4.78 is 13.1. The molecule has 0 spiro atoms. The molecule has 0 amide bonds. The topological polar surface area (TPSA) is 57.1 Å². The predicted molar refractivity (Wildman–Crippen MR) is 237 cm³/mol. The molecule has 1 aliphatic carbocycles. The minimum absolute atomic E-state index is 0.140. The molecule has 0 fully saturated rings. The monoisotopic (exact) mass is 759 g/mol. The summed E-state index contributed by atoms with van der Waals surface area (Å²) in [7, 11) is 0. The molecule has 2 aliphatic rings. The summed E-state index contributed by atoms with van der Waals surface area (Å²) in [4.78, 5) is 15.2. The number of aromatic nitrogens is 3. The van der Waals surface area contributed by atoms with Gasteiger partial charge in [0.05, 0.1) is 0 Å². The van der Waals surface area contributed by atoms with Gasteiger partial charge in [0.1, 0.15) is 0 Å². The molecule has 5 heteroatoms. The molecule has 0 radical (unpaired) electrons. The highest BCUT2D eigenvalue weighted by molar-refractivity contribution is 5.84. The van der Waals surface area contributed by atoms with E-state index in [4.69, 9.17) is 24.4 Å². The first-order valence-corrected chi connectivity index (χ1v) is 19.9. The molecule has 0 atom stereocenters. The van der Waals surface area contributed by atoms with Crippen LogP contribution >= 0.6 is 0 Å². The van der Waals surface area contributed by atoms with E-state index in [0.717, 1.165) is 61.6 Å². The van der Waals surface area contributed by atoms with Gasteiger partial charge in [-0.15, -0.1) is 0 Å². The second kappa shape index (κ2) is 13.8. The van der Waals surface area contributed by atoms with Crippen molar-refractivity contribution in [3.05, 3.63) is 199 Å². The van der Waals surface area contributed by atoms with E-state index >= 15 is 0 Å². The number of nitrogens with zero attached hydrogens (tertiary/aromatic N) is 3. The van der Waals surface area contributed by atoms with Gasteiger partial charge in [0.2, 0.25) is 0 Å². The zero-order chi connectivity index (χ0) is 39.5. The summed E-state index contributed by atoms with van der Waals surface area (Å²) in [5.41, 5.74) is 14.2. The Bertz CT molecular complexity index is 2950. The SMILES string of the molecule is CC1(C)c2ccccc2-c2cc3c(cc21)Oc1cc(-c2cccc(-c4nc(-c5ccc(-c6ccccc6)cc5)nc(-c5ccc(-c6ccccc6)cc5)n4)c2)ccc1O3. The fourth-order valence-electron chi connectivity index (χ4n) is 8.44. The molecule has 0 N–H and O–H groups in total. The molecule has 9 aromatic rings. The molecule has 11 rings (SSSR count). The number of ether oxygens (including phenoxy) is 2. The molecule has 280 valence electrons. The highest BCUT2D eigenvalue weighted by atomic mass is 16.6.